The van der Waals surface area contributed by atoms with Crippen LogP contribution >= 0.6 is 0 Å². The van der Waals surface area contributed by atoms with Gasteiger partial charge in [0.1, 0.15) is 6.07 Å². The standard InChI is InChI=1S/C13H17N3O/c14-9-11-2-3-13(12(8-11)10-15)16-4-1-6-17-7-5-16/h2-3,8H,1,4-7,9,14H2. The van der Waals surface area contributed by atoms with E-state index in [1.165, 1.54) is 0 Å². The average molecular weight is 231 g/mol. The lowest BCUT2D eigenvalue weighted by molar-refractivity contribution is 0.152. The van der Waals surface area contributed by atoms with E-state index in [2.05, 4.69) is 11.0 Å². The minimum atomic E-state index is 0.470. The van der Waals surface area contributed by atoms with Gasteiger partial charge in [-0.2, -0.15) is 5.26 Å². The summed E-state index contributed by atoms with van der Waals surface area (Å²) in [5.41, 5.74) is 8.28. The topological polar surface area (TPSA) is 62.3 Å². The van der Waals surface area contributed by atoms with Crippen molar-refractivity contribution in [2.45, 2.75) is 13.0 Å². The highest BCUT2D eigenvalue weighted by Gasteiger charge is 2.13. The van der Waals surface area contributed by atoms with Crippen LogP contribution in [0.15, 0.2) is 18.2 Å². The van der Waals surface area contributed by atoms with Crippen LogP contribution in [0.5, 0.6) is 0 Å². The summed E-state index contributed by atoms with van der Waals surface area (Å²) in [5.74, 6) is 0. The molecule has 4 heteroatoms. The molecule has 0 atom stereocenters. The van der Waals surface area contributed by atoms with Crippen molar-refractivity contribution >= 4 is 5.69 Å². The average Bonchev–Trinajstić information content (AvgIpc) is 2.66. The van der Waals surface area contributed by atoms with Gasteiger partial charge in [-0.15, -0.1) is 0 Å². The summed E-state index contributed by atoms with van der Waals surface area (Å²) in [7, 11) is 0. The van der Waals surface area contributed by atoms with E-state index in [-0.39, 0.29) is 0 Å². The second kappa shape index (κ2) is 5.67. The fourth-order valence-corrected chi connectivity index (χ4v) is 2.06. The van der Waals surface area contributed by atoms with Gasteiger partial charge >= 0.3 is 0 Å². The number of nitriles is 1. The van der Waals surface area contributed by atoms with Crippen LogP contribution in [0.1, 0.15) is 17.5 Å². The number of ether oxygens (including phenoxy) is 1. The van der Waals surface area contributed by atoms with Gasteiger partial charge in [-0.25, -0.2) is 0 Å². The van der Waals surface area contributed by atoms with Gasteiger partial charge in [-0.1, -0.05) is 6.07 Å². The molecule has 0 aliphatic carbocycles. The normalized spacial score (nSPS) is 16.4. The lowest BCUT2D eigenvalue weighted by Gasteiger charge is -2.23. The van der Waals surface area contributed by atoms with Crippen LogP contribution < -0.4 is 10.6 Å². The third kappa shape index (κ3) is 2.76. The Morgan fingerprint density at radius 2 is 2.24 bits per heavy atom. The van der Waals surface area contributed by atoms with Gasteiger partial charge in [-0.05, 0) is 24.1 Å². The molecule has 2 rings (SSSR count). The summed E-state index contributed by atoms with van der Waals surface area (Å²) in [6.07, 6.45) is 1.00. The van der Waals surface area contributed by atoms with E-state index in [0.29, 0.717) is 12.1 Å². The molecule has 0 spiro atoms. The van der Waals surface area contributed by atoms with Crippen LogP contribution in [0.2, 0.25) is 0 Å². The number of nitrogens with zero attached hydrogens (tertiary/aromatic N) is 2. The van der Waals surface area contributed by atoms with Gasteiger partial charge in [-0.3, -0.25) is 0 Å². The van der Waals surface area contributed by atoms with Crippen LogP contribution in [0.3, 0.4) is 0 Å². The number of nitrogens with two attached hydrogens (primary N) is 1. The monoisotopic (exact) mass is 231 g/mol. The largest absolute Gasteiger partial charge is 0.380 e. The Morgan fingerprint density at radius 3 is 3.00 bits per heavy atom. The third-order valence-corrected chi connectivity index (χ3v) is 2.98. The summed E-state index contributed by atoms with van der Waals surface area (Å²) in [5, 5.41) is 9.19. The van der Waals surface area contributed by atoms with Gasteiger partial charge in [0, 0.05) is 26.2 Å². The minimum absolute atomic E-state index is 0.470. The quantitative estimate of drug-likeness (QED) is 0.832. The van der Waals surface area contributed by atoms with Gasteiger partial charge in [0.05, 0.1) is 17.9 Å². The lowest BCUT2D eigenvalue weighted by Crippen LogP contribution is -2.26. The summed E-state index contributed by atoms with van der Waals surface area (Å²) < 4.78 is 5.42. The molecule has 1 heterocycles. The second-order valence-corrected chi connectivity index (χ2v) is 4.12. The van der Waals surface area contributed by atoms with Crippen molar-refractivity contribution in [1.29, 1.82) is 5.26 Å². The van der Waals surface area contributed by atoms with Crippen LogP contribution in [-0.2, 0) is 11.3 Å². The predicted octanol–water partition coefficient (Wildman–Crippen LogP) is 1.24. The first-order valence-corrected chi connectivity index (χ1v) is 5.91. The first kappa shape index (κ1) is 11.9. The maximum absolute atomic E-state index is 9.19. The SMILES string of the molecule is N#Cc1cc(CN)ccc1N1CCCOCC1. The van der Waals surface area contributed by atoms with E-state index in [1.54, 1.807) is 0 Å². The van der Waals surface area contributed by atoms with Gasteiger partial charge in [0.15, 0.2) is 0 Å². The molecule has 0 radical (unpaired) electrons. The molecule has 1 aliphatic rings. The highest BCUT2D eigenvalue weighted by Crippen LogP contribution is 2.22. The third-order valence-electron chi connectivity index (χ3n) is 2.98. The maximum Gasteiger partial charge on any atom is 0.101 e. The van der Waals surface area contributed by atoms with E-state index >= 15 is 0 Å². The fourth-order valence-electron chi connectivity index (χ4n) is 2.06. The molecule has 0 unspecified atom stereocenters. The first-order chi connectivity index (χ1) is 8.35. The molecule has 0 saturated carbocycles. The van der Waals surface area contributed by atoms with Crippen molar-refractivity contribution in [2.24, 2.45) is 5.73 Å². The van der Waals surface area contributed by atoms with Gasteiger partial charge < -0.3 is 15.4 Å². The van der Waals surface area contributed by atoms with E-state index in [9.17, 15) is 5.26 Å². The molecule has 1 aromatic carbocycles. The number of benzene rings is 1. The Labute approximate surface area is 102 Å². The Balaban J connectivity index is 2.27. The molecule has 0 aromatic heterocycles. The first-order valence-electron chi connectivity index (χ1n) is 5.91. The summed E-state index contributed by atoms with van der Waals surface area (Å²) in [4.78, 5) is 2.21. The number of hydrogen-bond acceptors (Lipinski definition) is 4. The predicted molar refractivity (Wildman–Crippen MR) is 66.7 cm³/mol. The zero-order valence-corrected chi connectivity index (χ0v) is 9.85. The molecule has 17 heavy (non-hydrogen) atoms. The Hall–Kier alpha value is -1.57. The zero-order valence-electron chi connectivity index (χ0n) is 9.85. The van der Waals surface area contributed by atoms with Crippen molar-refractivity contribution < 1.29 is 4.74 Å². The van der Waals surface area contributed by atoms with Gasteiger partial charge in [0.2, 0.25) is 0 Å². The van der Waals surface area contributed by atoms with Crippen molar-refractivity contribution in [3.05, 3.63) is 29.3 Å². The molecule has 4 nitrogen and oxygen atoms in total. The van der Waals surface area contributed by atoms with Crippen LogP contribution in [0, 0.1) is 11.3 Å². The number of hydrogen-bond donors (Lipinski definition) is 1. The van der Waals surface area contributed by atoms with Crippen molar-refractivity contribution in [2.75, 3.05) is 31.2 Å². The molecule has 0 amide bonds. The summed E-state index contributed by atoms with van der Waals surface area (Å²) >= 11 is 0. The molecule has 90 valence electrons. The summed E-state index contributed by atoms with van der Waals surface area (Å²) in [6.45, 7) is 3.79. The molecule has 1 aliphatic heterocycles. The number of rotatable bonds is 2. The zero-order chi connectivity index (χ0) is 12.1. The summed E-state index contributed by atoms with van der Waals surface area (Å²) in [6, 6.07) is 8.11. The maximum atomic E-state index is 9.19. The van der Waals surface area contributed by atoms with Gasteiger partial charge in [0.25, 0.3) is 0 Å². The van der Waals surface area contributed by atoms with E-state index in [4.69, 9.17) is 10.5 Å². The fraction of sp³-hybridized carbons (Fsp3) is 0.462. The van der Waals surface area contributed by atoms with E-state index in [1.807, 2.05) is 18.2 Å². The van der Waals surface area contributed by atoms with E-state index in [0.717, 1.165) is 44.0 Å². The van der Waals surface area contributed by atoms with Crippen molar-refractivity contribution in [3.63, 3.8) is 0 Å². The lowest BCUT2D eigenvalue weighted by atomic mass is 10.1. The molecular formula is C13H17N3O. The molecule has 2 N–H and O–H groups in total. The van der Waals surface area contributed by atoms with Crippen LogP contribution in [0.4, 0.5) is 5.69 Å². The Morgan fingerprint density at radius 1 is 1.35 bits per heavy atom. The highest BCUT2D eigenvalue weighted by atomic mass is 16.5. The Bertz CT molecular complexity index is 417. The van der Waals surface area contributed by atoms with E-state index < -0.39 is 0 Å². The van der Waals surface area contributed by atoms with Crippen LogP contribution in [-0.4, -0.2) is 26.3 Å². The molecular weight excluding hydrogens is 214 g/mol. The molecule has 1 saturated heterocycles. The highest BCUT2D eigenvalue weighted by molar-refractivity contribution is 5.60. The van der Waals surface area contributed by atoms with Crippen molar-refractivity contribution in [3.8, 4) is 6.07 Å². The Kier molecular flexibility index (Phi) is 3.97. The smallest absolute Gasteiger partial charge is 0.101 e. The molecule has 1 fully saturated rings. The van der Waals surface area contributed by atoms with Crippen LogP contribution in [0.25, 0.3) is 0 Å². The molecule has 1 aromatic rings. The number of anilines is 1. The minimum Gasteiger partial charge on any atom is -0.380 e. The van der Waals surface area contributed by atoms with Crippen molar-refractivity contribution in [1.82, 2.24) is 0 Å². The molecule has 0 bridgehead atoms. The second-order valence-electron chi connectivity index (χ2n) is 4.12.